The SMILES string of the molecule is CONCc1cnc(C)cn1. The first kappa shape index (κ1) is 8.10. The number of hydroxylamine groups is 1. The molecule has 0 radical (unpaired) electrons. The van der Waals surface area contributed by atoms with Crippen LogP contribution in [0, 0.1) is 6.92 Å². The molecule has 0 bridgehead atoms. The van der Waals surface area contributed by atoms with Crippen LogP contribution in [0.15, 0.2) is 12.4 Å². The van der Waals surface area contributed by atoms with Crippen molar-refractivity contribution >= 4 is 0 Å². The molecule has 1 aromatic heterocycles. The quantitative estimate of drug-likeness (QED) is 0.640. The average Bonchev–Trinajstić information content (AvgIpc) is 2.04. The van der Waals surface area contributed by atoms with Crippen molar-refractivity contribution in [2.75, 3.05) is 7.11 Å². The molecule has 0 aliphatic rings. The van der Waals surface area contributed by atoms with Crippen LogP contribution < -0.4 is 5.48 Å². The van der Waals surface area contributed by atoms with Crippen molar-refractivity contribution in [1.29, 1.82) is 0 Å². The van der Waals surface area contributed by atoms with E-state index in [1.807, 2.05) is 6.92 Å². The highest BCUT2D eigenvalue weighted by Gasteiger charge is 1.92. The van der Waals surface area contributed by atoms with Crippen LogP contribution >= 0.6 is 0 Å². The van der Waals surface area contributed by atoms with Crippen molar-refractivity contribution in [2.24, 2.45) is 0 Å². The standard InChI is InChI=1S/C7H11N3O/c1-6-3-9-7(4-8-6)5-10-11-2/h3-4,10H,5H2,1-2H3. The molecule has 1 aromatic rings. The number of hydrogen-bond donors (Lipinski definition) is 1. The summed E-state index contributed by atoms with van der Waals surface area (Å²) in [6.45, 7) is 2.49. The van der Waals surface area contributed by atoms with Crippen molar-refractivity contribution in [1.82, 2.24) is 15.4 Å². The highest BCUT2D eigenvalue weighted by molar-refractivity contribution is 4.99. The minimum atomic E-state index is 0.587. The van der Waals surface area contributed by atoms with Gasteiger partial charge in [0.1, 0.15) is 0 Å². The molecule has 0 unspecified atom stereocenters. The largest absolute Gasteiger partial charge is 0.305 e. The summed E-state index contributed by atoms with van der Waals surface area (Å²) >= 11 is 0. The second kappa shape index (κ2) is 4.00. The predicted octanol–water partition coefficient (Wildman–Crippen LogP) is 0.436. The number of nitrogens with one attached hydrogen (secondary N) is 1. The fraction of sp³-hybridized carbons (Fsp3) is 0.429. The Labute approximate surface area is 65.6 Å². The van der Waals surface area contributed by atoms with Gasteiger partial charge in [0.15, 0.2) is 0 Å². The van der Waals surface area contributed by atoms with E-state index in [4.69, 9.17) is 0 Å². The smallest absolute Gasteiger partial charge is 0.0748 e. The number of hydrogen-bond acceptors (Lipinski definition) is 4. The van der Waals surface area contributed by atoms with Gasteiger partial charge in [0.25, 0.3) is 0 Å². The summed E-state index contributed by atoms with van der Waals surface area (Å²) in [6, 6.07) is 0. The highest BCUT2D eigenvalue weighted by atomic mass is 16.6. The molecule has 1 rings (SSSR count). The third kappa shape index (κ3) is 2.61. The Hall–Kier alpha value is -1.00. The van der Waals surface area contributed by atoms with Gasteiger partial charge in [-0.3, -0.25) is 9.97 Å². The van der Waals surface area contributed by atoms with Crippen LogP contribution in [0.5, 0.6) is 0 Å². The van der Waals surface area contributed by atoms with Crippen LogP contribution in [0.4, 0.5) is 0 Å². The highest BCUT2D eigenvalue weighted by Crippen LogP contribution is 1.92. The molecule has 4 heteroatoms. The molecule has 1 N–H and O–H groups in total. The Kier molecular flexibility index (Phi) is 2.95. The van der Waals surface area contributed by atoms with Crippen LogP contribution in [0.2, 0.25) is 0 Å². The Morgan fingerprint density at radius 1 is 1.45 bits per heavy atom. The van der Waals surface area contributed by atoms with Gasteiger partial charge in [-0.15, -0.1) is 0 Å². The van der Waals surface area contributed by atoms with Crippen LogP contribution in [-0.2, 0) is 11.4 Å². The van der Waals surface area contributed by atoms with Crippen molar-refractivity contribution in [3.63, 3.8) is 0 Å². The van der Waals surface area contributed by atoms with E-state index < -0.39 is 0 Å². The van der Waals surface area contributed by atoms with Gasteiger partial charge >= 0.3 is 0 Å². The molecule has 11 heavy (non-hydrogen) atoms. The third-order valence-electron chi connectivity index (χ3n) is 1.23. The molecular formula is C7H11N3O. The molecule has 0 saturated heterocycles. The summed E-state index contributed by atoms with van der Waals surface area (Å²) in [5, 5.41) is 0. The lowest BCUT2D eigenvalue weighted by atomic mass is 10.4. The molecule has 60 valence electrons. The summed E-state index contributed by atoms with van der Waals surface area (Å²) in [6.07, 6.45) is 3.45. The predicted molar refractivity (Wildman–Crippen MR) is 40.6 cm³/mol. The van der Waals surface area contributed by atoms with E-state index in [-0.39, 0.29) is 0 Å². The Morgan fingerprint density at radius 3 is 2.82 bits per heavy atom. The number of aryl methyl sites for hydroxylation is 1. The molecule has 0 saturated carbocycles. The second-order valence-electron chi connectivity index (χ2n) is 2.17. The van der Waals surface area contributed by atoms with E-state index in [2.05, 4.69) is 20.3 Å². The van der Waals surface area contributed by atoms with Crippen molar-refractivity contribution in [3.8, 4) is 0 Å². The van der Waals surface area contributed by atoms with Gasteiger partial charge in [-0.1, -0.05) is 0 Å². The van der Waals surface area contributed by atoms with E-state index >= 15 is 0 Å². The van der Waals surface area contributed by atoms with Crippen molar-refractivity contribution in [2.45, 2.75) is 13.5 Å². The molecular weight excluding hydrogens is 142 g/mol. The zero-order chi connectivity index (χ0) is 8.10. The topological polar surface area (TPSA) is 47.0 Å². The molecule has 0 aliphatic heterocycles. The van der Waals surface area contributed by atoms with E-state index in [0.717, 1.165) is 11.4 Å². The van der Waals surface area contributed by atoms with Crippen molar-refractivity contribution in [3.05, 3.63) is 23.8 Å². The van der Waals surface area contributed by atoms with Gasteiger partial charge in [0.2, 0.25) is 0 Å². The third-order valence-corrected chi connectivity index (χ3v) is 1.23. The molecule has 0 aromatic carbocycles. The van der Waals surface area contributed by atoms with Gasteiger partial charge in [-0.25, -0.2) is 0 Å². The summed E-state index contributed by atoms with van der Waals surface area (Å²) < 4.78 is 0. The molecule has 4 nitrogen and oxygen atoms in total. The van der Waals surface area contributed by atoms with Crippen LogP contribution in [0.1, 0.15) is 11.4 Å². The van der Waals surface area contributed by atoms with Crippen molar-refractivity contribution < 1.29 is 4.84 Å². The van der Waals surface area contributed by atoms with E-state index in [1.54, 1.807) is 19.5 Å². The lowest BCUT2D eigenvalue weighted by Gasteiger charge is -1.99. The zero-order valence-electron chi connectivity index (χ0n) is 6.66. The molecule has 0 fully saturated rings. The molecule has 0 spiro atoms. The lowest BCUT2D eigenvalue weighted by Crippen LogP contribution is -2.12. The summed E-state index contributed by atoms with van der Waals surface area (Å²) in [7, 11) is 1.57. The minimum absolute atomic E-state index is 0.587. The average molecular weight is 153 g/mol. The zero-order valence-corrected chi connectivity index (χ0v) is 6.66. The first-order valence-corrected chi connectivity index (χ1v) is 3.36. The maximum absolute atomic E-state index is 4.66. The lowest BCUT2D eigenvalue weighted by molar-refractivity contribution is 0.0857. The van der Waals surface area contributed by atoms with Gasteiger partial charge in [-0.2, -0.15) is 5.48 Å². The molecule has 0 amide bonds. The first-order valence-electron chi connectivity index (χ1n) is 3.36. The van der Waals surface area contributed by atoms with Gasteiger partial charge in [-0.05, 0) is 6.92 Å². The van der Waals surface area contributed by atoms with Gasteiger partial charge in [0.05, 0.1) is 31.2 Å². The van der Waals surface area contributed by atoms with Crippen LogP contribution in [0.3, 0.4) is 0 Å². The summed E-state index contributed by atoms with van der Waals surface area (Å²) in [5.41, 5.74) is 4.48. The van der Waals surface area contributed by atoms with E-state index in [9.17, 15) is 0 Å². The fourth-order valence-corrected chi connectivity index (χ4v) is 0.657. The maximum Gasteiger partial charge on any atom is 0.0748 e. The number of aromatic nitrogens is 2. The Bertz CT molecular complexity index is 209. The maximum atomic E-state index is 4.66. The molecule has 1 heterocycles. The van der Waals surface area contributed by atoms with E-state index in [1.165, 1.54) is 0 Å². The van der Waals surface area contributed by atoms with Gasteiger partial charge in [0, 0.05) is 6.20 Å². The van der Waals surface area contributed by atoms with Gasteiger partial charge < -0.3 is 4.84 Å². The minimum Gasteiger partial charge on any atom is -0.305 e. The number of nitrogens with zero attached hydrogens (tertiary/aromatic N) is 2. The molecule has 0 aliphatic carbocycles. The Balaban J connectivity index is 2.52. The second-order valence-corrected chi connectivity index (χ2v) is 2.17. The summed E-state index contributed by atoms with van der Waals surface area (Å²) in [4.78, 5) is 12.8. The monoisotopic (exact) mass is 153 g/mol. The van der Waals surface area contributed by atoms with E-state index in [0.29, 0.717) is 6.54 Å². The molecule has 0 atom stereocenters. The number of rotatable bonds is 3. The van der Waals surface area contributed by atoms with Crippen LogP contribution in [-0.4, -0.2) is 17.1 Å². The summed E-state index contributed by atoms with van der Waals surface area (Å²) in [5.74, 6) is 0. The fourth-order valence-electron chi connectivity index (χ4n) is 0.657. The first-order chi connectivity index (χ1) is 5.33. The normalized spacial score (nSPS) is 10.0. The van der Waals surface area contributed by atoms with Crippen LogP contribution in [0.25, 0.3) is 0 Å². The Morgan fingerprint density at radius 2 is 2.27 bits per heavy atom.